The summed E-state index contributed by atoms with van der Waals surface area (Å²) in [4.78, 5) is 20.3. The summed E-state index contributed by atoms with van der Waals surface area (Å²) >= 11 is 0. The molecule has 1 aromatic heterocycles. The summed E-state index contributed by atoms with van der Waals surface area (Å²) in [6.45, 7) is 5.51. The molecule has 0 unspecified atom stereocenters. The maximum atomic E-state index is 12.4. The zero-order valence-corrected chi connectivity index (χ0v) is 15.0. The summed E-state index contributed by atoms with van der Waals surface area (Å²) in [5.74, 6) is 2.01. The Morgan fingerprint density at radius 3 is 2.88 bits per heavy atom. The Morgan fingerprint density at radius 1 is 1.31 bits per heavy atom. The van der Waals surface area contributed by atoms with Gasteiger partial charge < -0.3 is 19.8 Å². The van der Waals surface area contributed by atoms with Crippen molar-refractivity contribution in [2.24, 2.45) is 0 Å². The number of ether oxygens (including phenoxy) is 2. The second-order valence-corrected chi connectivity index (χ2v) is 7.00. The van der Waals surface area contributed by atoms with Crippen LogP contribution in [0.15, 0.2) is 24.4 Å². The van der Waals surface area contributed by atoms with Crippen LogP contribution in [0.5, 0.6) is 5.75 Å². The Kier molecular flexibility index (Phi) is 4.51. The van der Waals surface area contributed by atoms with Crippen molar-refractivity contribution in [3.8, 4) is 5.75 Å². The van der Waals surface area contributed by atoms with Gasteiger partial charge >= 0.3 is 0 Å². The highest BCUT2D eigenvalue weighted by Crippen LogP contribution is 2.36. The van der Waals surface area contributed by atoms with Gasteiger partial charge in [-0.25, -0.2) is 4.98 Å². The van der Waals surface area contributed by atoms with Gasteiger partial charge in [0, 0.05) is 30.4 Å². The van der Waals surface area contributed by atoms with Crippen LogP contribution in [-0.2, 0) is 9.53 Å². The van der Waals surface area contributed by atoms with Crippen LogP contribution in [0.4, 0.5) is 5.69 Å². The van der Waals surface area contributed by atoms with Gasteiger partial charge in [-0.05, 0) is 51.0 Å². The van der Waals surface area contributed by atoms with Crippen molar-refractivity contribution in [1.82, 2.24) is 9.97 Å². The molecule has 0 bridgehead atoms. The minimum atomic E-state index is -0.107. The molecule has 3 heterocycles. The number of rotatable bonds is 4. The van der Waals surface area contributed by atoms with Gasteiger partial charge in [-0.1, -0.05) is 0 Å². The number of aromatic nitrogens is 2. The highest BCUT2D eigenvalue weighted by Gasteiger charge is 2.25. The molecule has 1 fully saturated rings. The first-order chi connectivity index (χ1) is 12.6. The van der Waals surface area contributed by atoms with E-state index in [0.29, 0.717) is 11.5 Å². The molecule has 1 saturated heterocycles. The Morgan fingerprint density at radius 2 is 2.12 bits per heavy atom. The van der Waals surface area contributed by atoms with Crippen LogP contribution < -0.4 is 10.1 Å². The van der Waals surface area contributed by atoms with E-state index in [1.165, 1.54) is 0 Å². The van der Waals surface area contributed by atoms with Gasteiger partial charge in [0.2, 0.25) is 0 Å². The van der Waals surface area contributed by atoms with Gasteiger partial charge in [-0.3, -0.25) is 4.79 Å². The second-order valence-electron chi connectivity index (χ2n) is 7.00. The third-order valence-corrected chi connectivity index (χ3v) is 4.67. The molecule has 0 radical (unpaired) electrons. The Labute approximate surface area is 152 Å². The molecule has 2 N–H and O–H groups in total. The van der Waals surface area contributed by atoms with Crippen molar-refractivity contribution in [2.75, 3.05) is 18.5 Å². The van der Waals surface area contributed by atoms with E-state index in [4.69, 9.17) is 9.47 Å². The van der Waals surface area contributed by atoms with Crippen molar-refractivity contribution in [1.29, 1.82) is 0 Å². The maximum absolute atomic E-state index is 12.4. The van der Waals surface area contributed by atoms with E-state index < -0.39 is 0 Å². The monoisotopic (exact) mass is 353 g/mol. The summed E-state index contributed by atoms with van der Waals surface area (Å²) in [6.07, 6.45) is 5.68. The third-order valence-electron chi connectivity index (χ3n) is 4.67. The third kappa shape index (κ3) is 3.37. The van der Waals surface area contributed by atoms with E-state index in [-0.39, 0.29) is 12.0 Å². The molecule has 2 aliphatic heterocycles. The van der Waals surface area contributed by atoms with E-state index in [1.807, 2.05) is 38.1 Å². The van der Waals surface area contributed by atoms with E-state index in [2.05, 4.69) is 15.3 Å². The van der Waals surface area contributed by atoms with Crippen LogP contribution in [0.3, 0.4) is 0 Å². The number of aromatic amines is 1. The molecule has 136 valence electrons. The van der Waals surface area contributed by atoms with Crippen molar-refractivity contribution in [2.45, 2.75) is 38.7 Å². The lowest BCUT2D eigenvalue weighted by Gasteiger charge is -2.19. The zero-order chi connectivity index (χ0) is 18.1. The normalized spacial score (nSPS) is 19.0. The summed E-state index contributed by atoms with van der Waals surface area (Å²) in [5, 5.41) is 2.90. The molecule has 4 rings (SSSR count). The highest BCUT2D eigenvalue weighted by molar-refractivity contribution is 6.34. The van der Waals surface area contributed by atoms with Crippen LogP contribution in [0.2, 0.25) is 0 Å². The van der Waals surface area contributed by atoms with E-state index in [0.717, 1.165) is 54.6 Å². The summed E-state index contributed by atoms with van der Waals surface area (Å²) in [6, 6.07) is 5.67. The molecular formula is C20H23N3O3. The molecular weight excluding hydrogens is 330 g/mol. The molecule has 2 aliphatic rings. The molecule has 1 amide bonds. The first kappa shape index (κ1) is 16.8. The number of anilines is 1. The second kappa shape index (κ2) is 6.96. The Balaban J connectivity index is 1.62. The van der Waals surface area contributed by atoms with Crippen LogP contribution in [0.1, 0.15) is 49.7 Å². The standard InChI is InChI=1S/C20H23N3O3/c1-12(2)26-15-3-4-18-16(10-15)17(20(24)23-18)9-14-11-21-19(22-14)13-5-7-25-8-6-13/h3-4,9-13H,5-8H2,1-2H3,(H,21,22)(H,23,24). The van der Waals surface area contributed by atoms with Crippen LogP contribution in [0, 0.1) is 0 Å². The van der Waals surface area contributed by atoms with Crippen LogP contribution >= 0.6 is 0 Å². The van der Waals surface area contributed by atoms with Crippen LogP contribution in [0.25, 0.3) is 11.6 Å². The largest absolute Gasteiger partial charge is 0.491 e. The molecule has 6 nitrogen and oxygen atoms in total. The van der Waals surface area contributed by atoms with Gasteiger partial charge in [0.1, 0.15) is 11.6 Å². The Hall–Kier alpha value is -2.60. The fourth-order valence-corrected chi connectivity index (χ4v) is 3.41. The van der Waals surface area contributed by atoms with E-state index in [9.17, 15) is 4.79 Å². The van der Waals surface area contributed by atoms with Crippen molar-refractivity contribution in [3.05, 3.63) is 41.5 Å². The number of hydrogen-bond donors (Lipinski definition) is 2. The van der Waals surface area contributed by atoms with Gasteiger partial charge in [-0.15, -0.1) is 0 Å². The number of hydrogen-bond acceptors (Lipinski definition) is 4. The molecule has 2 aromatic rings. The molecule has 0 saturated carbocycles. The van der Waals surface area contributed by atoms with E-state index >= 15 is 0 Å². The number of H-pyrrole nitrogens is 1. The lowest BCUT2D eigenvalue weighted by Crippen LogP contribution is -2.15. The first-order valence-electron chi connectivity index (χ1n) is 9.07. The summed E-state index contributed by atoms with van der Waals surface area (Å²) < 4.78 is 11.2. The topological polar surface area (TPSA) is 76.2 Å². The van der Waals surface area contributed by atoms with Gasteiger partial charge in [0.25, 0.3) is 5.91 Å². The predicted molar refractivity (Wildman–Crippen MR) is 100 cm³/mol. The molecule has 0 aliphatic carbocycles. The summed E-state index contributed by atoms with van der Waals surface area (Å²) in [5.41, 5.74) is 3.12. The van der Waals surface area contributed by atoms with Gasteiger partial charge in [0.05, 0.1) is 23.6 Å². The van der Waals surface area contributed by atoms with Gasteiger partial charge in [0.15, 0.2) is 0 Å². The van der Waals surface area contributed by atoms with Crippen molar-refractivity contribution >= 4 is 23.2 Å². The number of carbonyl (C=O) groups is 1. The van der Waals surface area contributed by atoms with Crippen LogP contribution in [-0.4, -0.2) is 35.2 Å². The quantitative estimate of drug-likeness (QED) is 0.824. The van der Waals surface area contributed by atoms with E-state index in [1.54, 1.807) is 6.20 Å². The SMILES string of the molecule is CC(C)Oc1ccc2c(c1)C(=Cc1cnc(C3CCOCC3)[nH]1)C(=O)N2. The summed E-state index contributed by atoms with van der Waals surface area (Å²) in [7, 11) is 0. The Bertz CT molecular complexity index is 848. The lowest BCUT2D eigenvalue weighted by atomic mass is 10.00. The molecule has 26 heavy (non-hydrogen) atoms. The average Bonchev–Trinajstić information content (AvgIpc) is 3.21. The number of amides is 1. The molecule has 1 aromatic carbocycles. The zero-order valence-electron chi connectivity index (χ0n) is 15.0. The molecule has 0 atom stereocenters. The first-order valence-corrected chi connectivity index (χ1v) is 9.07. The lowest BCUT2D eigenvalue weighted by molar-refractivity contribution is -0.110. The maximum Gasteiger partial charge on any atom is 0.256 e. The van der Waals surface area contributed by atoms with Gasteiger partial charge in [-0.2, -0.15) is 0 Å². The number of benzene rings is 1. The fraction of sp³-hybridized carbons (Fsp3) is 0.400. The number of carbonyl (C=O) groups excluding carboxylic acids is 1. The minimum absolute atomic E-state index is 0.0835. The predicted octanol–water partition coefficient (Wildman–Crippen LogP) is 3.58. The molecule has 6 heteroatoms. The number of imidazole rings is 1. The average molecular weight is 353 g/mol. The molecule has 0 spiro atoms. The number of nitrogens with one attached hydrogen (secondary N) is 2. The number of fused-ring (bicyclic) bond motifs is 1. The highest BCUT2D eigenvalue weighted by atomic mass is 16.5. The minimum Gasteiger partial charge on any atom is -0.491 e. The number of nitrogens with zero attached hydrogens (tertiary/aromatic N) is 1. The fourth-order valence-electron chi connectivity index (χ4n) is 3.41. The smallest absolute Gasteiger partial charge is 0.256 e. The van der Waals surface area contributed by atoms with Crippen molar-refractivity contribution in [3.63, 3.8) is 0 Å². The van der Waals surface area contributed by atoms with Crippen molar-refractivity contribution < 1.29 is 14.3 Å².